The topological polar surface area (TPSA) is 80.9 Å². The Morgan fingerprint density at radius 2 is 1.86 bits per heavy atom. The van der Waals surface area contributed by atoms with Crippen LogP contribution in [0.1, 0.15) is 21.7 Å². The molecule has 0 aliphatic heterocycles. The van der Waals surface area contributed by atoms with E-state index in [4.69, 9.17) is 5.73 Å². The molecule has 0 bridgehead atoms. The lowest BCUT2D eigenvalue weighted by Crippen LogP contribution is -2.11. The number of hydrogen-bond donors (Lipinski definition) is 2. The molecule has 110 valence electrons. The maximum absolute atomic E-state index is 11.2. The zero-order chi connectivity index (χ0) is 15.7. The molecular formula is C17H16N4O. The molecule has 1 aromatic heterocycles. The molecule has 3 rings (SSSR count). The van der Waals surface area contributed by atoms with Gasteiger partial charge in [0, 0.05) is 16.6 Å². The number of anilines is 2. The second kappa shape index (κ2) is 5.44. The molecule has 5 nitrogen and oxygen atoms in total. The van der Waals surface area contributed by atoms with Crippen molar-refractivity contribution in [3.8, 4) is 0 Å². The van der Waals surface area contributed by atoms with Crippen LogP contribution in [0.15, 0.2) is 42.5 Å². The number of nitrogens with zero attached hydrogens (tertiary/aromatic N) is 2. The van der Waals surface area contributed by atoms with Crippen LogP contribution < -0.4 is 11.1 Å². The Balaban J connectivity index is 2.05. The number of nitrogens with one attached hydrogen (secondary N) is 1. The van der Waals surface area contributed by atoms with Crippen molar-refractivity contribution in [3.63, 3.8) is 0 Å². The molecule has 1 amide bonds. The normalized spacial score (nSPS) is 10.6. The van der Waals surface area contributed by atoms with Gasteiger partial charge in [0.2, 0.25) is 5.91 Å². The van der Waals surface area contributed by atoms with E-state index in [9.17, 15) is 4.79 Å². The van der Waals surface area contributed by atoms with Gasteiger partial charge in [0.1, 0.15) is 11.6 Å². The van der Waals surface area contributed by atoms with Gasteiger partial charge in [0.05, 0.1) is 5.52 Å². The Hall–Kier alpha value is -2.95. The minimum absolute atomic E-state index is 0.432. The second-order valence-corrected chi connectivity index (χ2v) is 5.16. The molecule has 3 N–H and O–H groups in total. The number of carbonyl (C=O) groups is 1. The fourth-order valence-corrected chi connectivity index (χ4v) is 2.37. The Bertz CT molecular complexity index is 874. The average molecular weight is 292 g/mol. The van der Waals surface area contributed by atoms with Gasteiger partial charge >= 0.3 is 0 Å². The van der Waals surface area contributed by atoms with E-state index in [0.717, 1.165) is 28.0 Å². The van der Waals surface area contributed by atoms with Crippen LogP contribution in [0.3, 0.4) is 0 Å². The molecule has 3 aromatic rings. The van der Waals surface area contributed by atoms with Gasteiger partial charge in [-0.15, -0.1) is 0 Å². The van der Waals surface area contributed by atoms with Gasteiger partial charge in [-0.2, -0.15) is 0 Å². The van der Waals surface area contributed by atoms with E-state index in [2.05, 4.69) is 15.3 Å². The highest BCUT2D eigenvalue weighted by Crippen LogP contribution is 2.26. The van der Waals surface area contributed by atoms with Crippen molar-refractivity contribution in [3.05, 3.63) is 59.4 Å². The molecule has 0 unspecified atom stereocenters. The van der Waals surface area contributed by atoms with Crippen molar-refractivity contribution >= 4 is 28.3 Å². The van der Waals surface area contributed by atoms with E-state index in [1.54, 1.807) is 12.1 Å². The smallest absolute Gasteiger partial charge is 0.248 e. The largest absolute Gasteiger partial charge is 0.366 e. The zero-order valence-electron chi connectivity index (χ0n) is 12.4. The number of benzene rings is 2. The van der Waals surface area contributed by atoms with Gasteiger partial charge in [-0.1, -0.05) is 12.1 Å². The first-order chi connectivity index (χ1) is 10.5. The summed E-state index contributed by atoms with van der Waals surface area (Å²) in [7, 11) is 0. The third-order valence-electron chi connectivity index (χ3n) is 3.48. The van der Waals surface area contributed by atoms with Crippen LogP contribution in [0.2, 0.25) is 0 Å². The summed E-state index contributed by atoms with van der Waals surface area (Å²) in [6.45, 7) is 3.78. The van der Waals surface area contributed by atoms with Crippen molar-refractivity contribution in [2.75, 3.05) is 5.32 Å². The summed E-state index contributed by atoms with van der Waals surface area (Å²) < 4.78 is 0. The predicted octanol–water partition coefficient (Wildman–Crippen LogP) is 3.09. The van der Waals surface area contributed by atoms with Crippen LogP contribution >= 0.6 is 0 Å². The molecule has 0 saturated heterocycles. The van der Waals surface area contributed by atoms with Gasteiger partial charge in [-0.25, -0.2) is 9.97 Å². The molecule has 0 spiro atoms. The van der Waals surface area contributed by atoms with E-state index in [0.29, 0.717) is 11.4 Å². The monoisotopic (exact) mass is 292 g/mol. The average Bonchev–Trinajstić information content (AvgIpc) is 2.49. The van der Waals surface area contributed by atoms with Gasteiger partial charge in [0.15, 0.2) is 0 Å². The first kappa shape index (κ1) is 14.0. The van der Waals surface area contributed by atoms with Gasteiger partial charge in [0.25, 0.3) is 0 Å². The number of hydrogen-bond acceptors (Lipinski definition) is 4. The van der Waals surface area contributed by atoms with Crippen molar-refractivity contribution in [1.82, 2.24) is 9.97 Å². The summed E-state index contributed by atoms with van der Waals surface area (Å²) in [4.78, 5) is 20.1. The van der Waals surface area contributed by atoms with E-state index >= 15 is 0 Å². The second-order valence-electron chi connectivity index (χ2n) is 5.16. The highest BCUT2D eigenvalue weighted by molar-refractivity contribution is 5.94. The summed E-state index contributed by atoms with van der Waals surface area (Å²) in [6.07, 6.45) is 0. The number of primary amides is 1. The quantitative estimate of drug-likeness (QED) is 0.777. The van der Waals surface area contributed by atoms with Crippen molar-refractivity contribution in [1.29, 1.82) is 0 Å². The maximum atomic E-state index is 11.2. The Labute approximate surface area is 128 Å². The van der Waals surface area contributed by atoms with Gasteiger partial charge in [-0.3, -0.25) is 4.79 Å². The van der Waals surface area contributed by atoms with E-state index in [-0.39, 0.29) is 0 Å². The number of rotatable bonds is 3. The third-order valence-corrected chi connectivity index (χ3v) is 3.48. The van der Waals surface area contributed by atoms with Crippen molar-refractivity contribution in [2.45, 2.75) is 13.8 Å². The molecule has 22 heavy (non-hydrogen) atoms. The minimum atomic E-state index is -0.432. The molecule has 0 radical (unpaired) electrons. The fourth-order valence-electron chi connectivity index (χ4n) is 2.37. The molecular weight excluding hydrogens is 276 g/mol. The van der Waals surface area contributed by atoms with E-state index < -0.39 is 5.91 Å². The molecule has 2 aromatic carbocycles. The predicted molar refractivity (Wildman–Crippen MR) is 87.3 cm³/mol. The number of nitrogens with two attached hydrogens (primary N) is 1. The minimum Gasteiger partial charge on any atom is -0.366 e. The van der Waals surface area contributed by atoms with E-state index in [1.807, 2.05) is 44.2 Å². The summed E-state index contributed by atoms with van der Waals surface area (Å²) >= 11 is 0. The van der Waals surface area contributed by atoms with Crippen LogP contribution in [0.4, 0.5) is 11.5 Å². The van der Waals surface area contributed by atoms with Crippen molar-refractivity contribution < 1.29 is 4.79 Å². The lowest BCUT2D eigenvalue weighted by molar-refractivity contribution is 0.1000. The molecule has 0 fully saturated rings. The van der Waals surface area contributed by atoms with E-state index in [1.165, 1.54) is 0 Å². The van der Waals surface area contributed by atoms with Crippen LogP contribution in [0.5, 0.6) is 0 Å². The highest BCUT2D eigenvalue weighted by atomic mass is 16.1. The third kappa shape index (κ3) is 2.61. The van der Waals surface area contributed by atoms with Crippen LogP contribution in [0, 0.1) is 13.8 Å². The molecule has 5 heteroatoms. The number of carbonyl (C=O) groups excluding carboxylic acids is 1. The first-order valence-corrected chi connectivity index (χ1v) is 6.95. The maximum Gasteiger partial charge on any atom is 0.248 e. The summed E-state index contributed by atoms with van der Waals surface area (Å²) in [5.74, 6) is 1.02. The number of aromatic nitrogens is 2. The molecule has 1 heterocycles. The fraction of sp³-hybridized carbons (Fsp3) is 0.118. The first-order valence-electron chi connectivity index (χ1n) is 6.95. The molecule has 0 aliphatic rings. The van der Waals surface area contributed by atoms with Gasteiger partial charge < -0.3 is 11.1 Å². The summed E-state index contributed by atoms with van der Waals surface area (Å²) in [5.41, 5.74) is 8.49. The number of para-hydroxylation sites is 1. The molecule has 0 aliphatic carbocycles. The van der Waals surface area contributed by atoms with Crippen LogP contribution in [-0.4, -0.2) is 15.9 Å². The van der Waals surface area contributed by atoms with Crippen molar-refractivity contribution in [2.24, 2.45) is 5.73 Å². The molecule has 0 atom stereocenters. The number of amides is 1. The summed E-state index contributed by atoms with van der Waals surface area (Å²) in [5, 5.41) is 4.27. The highest BCUT2D eigenvalue weighted by Gasteiger charge is 2.08. The number of fused-ring (bicyclic) bond motifs is 1. The molecule has 0 saturated carbocycles. The van der Waals surface area contributed by atoms with Gasteiger partial charge in [-0.05, 0) is 49.7 Å². The Morgan fingerprint density at radius 3 is 2.59 bits per heavy atom. The van der Waals surface area contributed by atoms with Crippen LogP contribution in [-0.2, 0) is 0 Å². The Morgan fingerprint density at radius 1 is 1.09 bits per heavy atom. The standard InChI is InChI=1S/C17H16N4O/c1-10-9-12(16(18)22)7-8-14(10)21-17-13-5-3-4-6-15(13)19-11(2)20-17/h3-9H,1-2H3,(H2,18,22)(H,19,20,21). The lowest BCUT2D eigenvalue weighted by atomic mass is 10.1. The lowest BCUT2D eigenvalue weighted by Gasteiger charge is -2.12. The Kier molecular flexibility index (Phi) is 3.47. The summed E-state index contributed by atoms with van der Waals surface area (Å²) in [6, 6.07) is 13.1. The SMILES string of the molecule is Cc1nc(Nc2ccc(C(N)=O)cc2C)c2ccccc2n1. The zero-order valence-corrected chi connectivity index (χ0v) is 12.4. The van der Waals surface area contributed by atoms with Crippen LogP contribution in [0.25, 0.3) is 10.9 Å². The number of aryl methyl sites for hydroxylation is 2.